The highest BCUT2D eigenvalue weighted by Crippen LogP contribution is 2.52. The monoisotopic (exact) mass is 1220 g/mol. The summed E-state index contributed by atoms with van der Waals surface area (Å²) in [5, 5.41) is 0. The van der Waals surface area contributed by atoms with Crippen molar-refractivity contribution in [2.75, 3.05) is 24.5 Å². The molecule has 12 aromatic rings. The van der Waals surface area contributed by atoms with Crippen molar-refractivity contribution in [2.45, 2.75) is 92.9 Å². The lowest BCUT2D eigenvalue weighted by molar-refractivity contribution is 0.332. The second-order valence-electron chi connectivity index (χ2n) is 27.6. The van der Waals surface area contributed by atoms with Crippen molar-refractivity contribution in [3.05, 3.63) is 269 Å². The Morgan fingerprint density at radius 1 is 0.362 bits per heavy atom. The molecule has 0 saturated heterocycles. The van der Waals surface area contributed by atoms with E-state index in [1.165, 1.54) is 16.6 Å². The molecule has 1 aliphatic carbocycles. The van der Waals surface area contributed by atoms with Gasteiger partial charge in [0.2, 0.25) is 17.8 Å². The normalized spacial score (nSPS) is 14.8. The van der Waals surface area contributed by atoms with Crippen molar-refractivity contribution >= 4 is 132 Å². The van der Waals surface area contributed by atoms with Crippen molar-refractivity contribution in [2.24, 2.45) is 0 Å². The summed E-state index contributed by atoms with van der Waals surface area (Å²) >= 11 is 0. The molecule has 6 heterocycles. The highest BCUT2D eigenvalue weighted by atomic mass is 16.5. The van der Waals surface area contributed by atoms with Gasteiger partial charge in [-0.3, -0.25) is 24.5 Å². The van der Waals surface area contributed by atoms with Crippen molar-refractivity contribution < 1.29 is 4.74 Å². The Morgan fingerprint density at radius 3 is 1.35 bits per heavy atom. The van der Waals surface area contributed by atoms with Gasteiger partial charge in [0, 0.05) is 45.0 Å². The fourth-order valence-electron chi connectivity index (χ4n) is 16.0. The Bertz CT molecular complexity index is 5070. The third-order valence-corrected chi connectivity index (χ3v) is 20.8. The zero-order valence-corrected chi connectivity index (χ0v) is 54.9. The Balaban J connectivity index is 0.988. The van der Waals surface area contributed by atoms with E-state index in [9.17, 15) is 0 Å². The molecule has 5 aliphatic rings. The molecule has 17 rings (SSSR count). The Kier molecular flexibility index (Phi) is 13.0. The van der Waals surface area contributed by atoms with Gasteiger partial charge in [-0.15, -0.1) is 0 Å². The minimum Gasteiger partial charge on any atom is -0.440 e. The quantitative estimate of drug-likeness (QED) is 0.130. The van der Waals surface area contributed by atoms with Gasteiger partial charge in [-0.2, -0.15) is 19.9 Å². The molecule has 0 unspecified atom stereocenters. The summed E-state index contributed by atoms with van der Waals surface area (Å²) in [6, 6.07) is 81.5. The summed E-state index contributed by atoms with van der Waals surface area (Å²) < 4.78 is 7.21. The molecular weight excluding hydrogens is 1150 g/mol. The van der Waals surface area contributed by atoms with Crippen LogP contribution in [0.25, 0.3) is 0 Å². The topological polar surface area (TPSA) is 77.0 Å². The van der Waals surface area contributed by atoms with E-state index in [1.807, 2.05) is 0 Å². The predicted octanol–water partition coefficient (Wildman–Crippen LogP) is 16.9. The van der Waals surface area contributed by atoms with Crippen LogP contribution in [0.4, 0.5) is 86.2 Å². The van der Waals surface area contributed by atoms with Crippen molar-refractivity contribution in [3.8, 4) is 11.6 Å². The minimum absolute atomic E-state index is 0.0207. The fraction of sp³-hybridized carbons (Fsp3) is 0.171. The van der Waals surface area contributed by atoms with Crippen LogP contribution in [0.1, 0.15) is 85.0 Å². The summed E-state index contributed by atoms with van der Waals surface area (Å²) in [7, 11) is 0. The number of benzene rings is 10. The zero-order chi connectivity index (χ0) is 64.1. The number of rotatable bonds is 9. The lowest BCUT2D eigenvalue weighted by atomic mass is 9.31. The van der Waals surface area contributed by atoms with E-state index in [4.69, 9.17) is 24.7 Å². The van der Waals surface area contributed by atoms with Gasteiger partial charge >= 0.3 is 0 Å². The molecule has 4 aliphatic heterocycles. The van der Waals surface area contributed by atoms with E-state index < -0.39 is 0 Å². The van der Waals surface area contributed by atoms with Crippen molar-refractivity contribution in [1.29, 1.82) is 0 Å². The van der Waals surface area contributed by atoms with Crippen molar-refractivity contribution in [1.82, 2.24) is 19.9 Å². The van der Waals surface area contributed by atoms with Crippen LogP contribution in [0, 0.1) is 41.5 Å². The number of hydrogen-bond donors (Lipinski definition) is 0. The van der Waals surface area contributed by atoms with Gasteiger partial charge in [0.15, 0.2) is 0 Å². The molecule has 0 atom stereocenters. The van der Waals surface area contributed by atoms with E-state index in [0.717, 1.165) is 154 Å². The molecule has 0 fully saturated rings. The van der Waals surface area contributed by atoms with Gasteiger partial charge in [-0.05, 0) is 198 Å². The average molecular weight is 1220 g/mol. The van der Waals surface area contributed by atoms with Gasteiger partial charge in [0.05, 0.1) is 22.7 Å². The second kappa shape index (κ2) is 21.4. The lowest BCUT2D eigenvalue weighted by Crippen LogP contribution is -2.65. The third-order valence-electron chi connectivity index (χ3n) is 20.8. The standard InChI is InChI=1S/C82H71B2N9O/c1-50-27-17-21-39-65(50)92(73-52(3)29-25-30-53(73)4)79-85-75-71-76(86-79)91(58-43-44-59-60(47-58)82(9,10)46-45-81(59,7)8)67-41-23-19-37-61(67)83(71)63-48-64-69(49-68(63)89(75)56-33-13-11-14-34-56)90(57-35-15-12-16-36-57)77-72-78(94-70-42-24-20-38-62(70)84(64)72)88-80(87-77)93(66-40-22-18-28-51(66)2)74-54(5)31-26-32-55(74)6/h11-44,47-49H,45-46H2,1-10H3. The summed E-state index contributed by atoms with van der Waals surface area (Å²) in [4.78, 5) is 35.6. The molecular formula is C82H71B2N9O. The van der Waals surface area contributed by atoms with E-state index >= 15 is 0 Å². The first kappa shape index (κ1) is 57.2. The zero-order valence-electron chi connectivity index (χ0n) is 54.9. The first-order valence-corrected chi connectivity index (χ1v) is 33.0. The van der Waals surface area contributed by atoms with Crippen LogP contribution in [0.3, 0.4) is 0 Å². The van der Waals surface area contributed by atoms with Crippen LogP contribution >= 0.6 is 0 Å². The van der Waals surface area contributed by atoms with Crippen LogP contribution in [-0.4, -0.2) is 33.4 Å². The third kappa shape index (κ3) is 8.71. The average Bonchev–Trinajstić information content (AvgIpc) is 0.688. The number of ether oxygens (including phenoxy) is 1. The molecule has 0 spiro atoms. The SMILES string of the molecule is Cc1ccccc1N(c1nc2c3c(n1)N(c1ccccc1)c1cc4c(cc1B3c1ccccc1O2)B1c2ccccc2N(c2ccc3c(c2)C(C)(C)CCC3(C)C)c2nc(N(c3ccccc3C)c3c(C)cccc3C)nc(c21)N4c1ccccc1)c1c(C)cccc1C. The first-order chi connectivity index (χ1) is 45.6. The maximum Gasteiger partial charge on any atom is 0.260 e. The van der Waals surface area contributed by atoms with Gasteiger partial charge in [0.25, 0.3) is 13.4 Å². The Hall–Kier alpha value is -10.7. The van der Waals surface area contributed by atoms with E-state index in [2.05, 4.69) is 318 Å². The molecule has 0 radical (unpaired) electrons. The Morgan fingerprint density at radius 2 is 0.798 bits per heavy atom. The molecule has 0 saturated carbocycles. The fourth-order valence-corrected chi connectivity index (χ4v) is 16.0. The number of nitrogens with zero attached hydrogens (tertiary/aromatic N) is 9. The summed E-state index contributed by atoms with van der Waals surface area (Å²) in [5.41, 5.74) is 26.0. The number of aromatic nitrogens is 4. The van der Waals surface area contributed by atoms with Crippen LogP contribution in [0.15, 0.2) is 224 Å². The minimum atomic E-state index is -0.334. The van der Waals surface area contributed by atoms with Crippen LogP contribution in [-0.2, 0) is 10.8 Å². The molecule has 456 valence electrons. The highest BCUT2D eigenvalue weighted by molar-refractivity contribution is 7.02. The van der Waals surface area contributed by atoms with E-state index in [-0.39, 0.29) is 24.3 Å². The number of para-hydroxylation sites is 8. The van der Waals surface area contributed by atoms with Crippen LogP contribution in [0.5, 0.6) is 11.6 Å². The number of hydrogen-bond acceptors (Lipinski definition) is 10. The molecule has 0 N–H and O–H groups in total. The smallest absolute Gasteiger partial charge is 0.260 e. The van der Waals surface area contributed by atoms with Gasteiger partial charge in [0.1, 0.15) is 23.2 Å². The van der Waals surface area contributed by atoms with Gasteiger partial charge < -0.3 is 4.74 Å². The molecule has 2 aromatic heterocycles. The molecule has 12 heteroatoms. The van der Waals surface area contributed by atoms with Gasteiger partial charge in [-0.1, -0.05) is 185 Å². The maximum absolute atomic E-state index is 7.21. The molecule has 94 heavy (non-hydrogen) atoms. The van der Waals surface area contributed by atoms with Crippen LogP contribution in [0.2, 0.25) is 0 Å². The Labute approximate surface area is 552 Å². The van der Waals surface area contributed by atoms with Crippen molar-refractivity contribution in [3.63, 3.8) is 0 Å². The van der Waals surface area contributed by atoms with E-state index in [0.29, 0.717) is 17.8 Å². The highest BCUT2D eigenvalue weighted by Gasteiger charge is 2.51. The first-order valence-electron chi connectivity index (χ1n) is 33.0. The number of anilines is 15. The number of fused-ring (bicyclic) bond motifs is 9. The predicted molar refractivity (Wildman–Crippen MR) is 391 cm³/mol. The summed E-state index contributed by atoms with van der Waals surface area (Å²) in [5.74, 6) is 4.75. The molecule has 0 amide bonds. The maximum atomic E-state index is 7.21. The van der Waals surface area contributed by atoms with E-state index in [1.54, 1.807) is 0 Å². The summed E-state index contributed by atoms with van der Waals surface area (Å²) in [6.45, 7) is 22.1. The largest absolute Gasteiger partial charge is 0.440 e. The lowest BCUT2D eigenvalue weighted by Gasteiger charge is -2.46. The summed E-state index contributed by atoms with van der Waals surface area (Å²) in [6.07, 6.45) is 2.21. The molecule has 10 nitrogen and oxygen atoms in total. The number of aryl methyl sites for hydroxylation is 6. The molecule has 10 aromatic carbocycles. The second-order valence-corrected chi connectivity index (χ2v) is 27.6. The molecule has 0 bridgehead atoms. The van der Waals surface area contributed by atoms with Crippen LogP contribution < -0.4 is 62.0 Å². The van der Waals surface area contributed by atoms with Gasteiger partial charge in [-0.25, -0.2) is 0 Å².